The third-order valence-electron chi connectivity index (χ3n) is 6.47. The lowest BCUT2D eigenvalue weighted by Gasteiger charge is -2.16. The van der Waals surface area contributed by atoms with E-state index in [4.69, 9.17) is 0 Å². The summed E-state index contributed by atoms with van der Waals surface area (Å²) in [7, 11) is 0. The number of aromatic nitrogens is 6. The highest BCUT2D eigenvalue weighted by atomic mass is 16.3. The number of hydrogen-bond donors (Lipinski definition) is 1. The van der Waals surface area contributed by atoms with Crippen LogP contribution in [0.4, 0.5) is 0 Å². The molecule has 34 heavy (non-hydrogen) atoms. The average Bonchev–Trinajstić information content (AvgIpc) is 3.45. The Kier molecular flexibility index (Phi) is 6.91. The zero-order chi connectivity index (χ0) is 24.2. The predicted octanol–water partition coefficient (Wildman–Crippen LogP) is 5.65. The minimum Gasteiger partial charge on any atom is -0.507 e. The molecular weight excluding hydrogens is 424 g/mol. The monoisotopic (exact) mass is 456 g/mol. The second kappa shape index (κ2) is 10.0. The number of unbranched alkanes of at least 4 members (excludes halogenated alkanes) is 1. The Balaban J connectivity index is 0.000000167. The summed E-state index contributed by atoms with van der Waals surface area (Å²) in [4.78, 5) is 3.20. The van der Waals surface area contributed by atoms with Crippen LogP contribution in [0.3, 0.4) is 0 Å². The highest BCUT2D eigenvalue weighted by molar-refractivity contribution is 5.73. The first-order chi connectivity index (χ1) is 16.4. The number of phenolic OH excluding ortho intramolecular Hbond substituents is 1. The van der Waals surface area contributed by atoms with E-state index >= 15 is 0 Å². The van der Waals surface area contributed by atoms with Gasteiger partial charge in [-0.3, -0.25) is 0 Å². The van der Waals surface area contributed by atoms with Crippen molar-refractivity contribution < 1.29 is 5.11 Å². The van der Waals surface area contributed by atoms with Gasteiger partial charge in [0.2, 0.25) is 0 Å². The molecule has 0 fully saturated rings. The standard InChI is InChI=1S/C14H22O.C13H10N6/c1-6-7-8-13-11(4)9(2)10(3)12(5)14(13)15;1-2-6-11-10(5-1)14-18(15-11)9-19-16-12-7-3-4-8-13(12)17-19/h15H,6-8H2,1-5H3;1-8H,9H2. The fraction of sp³-hybridized carbons (Fsp3) is 0.333. The maximum atomic E-state index is 10.1. The zero-order valence-electron chi connectivity index (χ0n) is 20.6. The molecule has 0 atom stereocenters. The first kappa shape index (κ1) is 23.4. The van der Waals surface area contributed by atoms with Gasteiger partial charge in [0.15, 0.2) is 6.67 Å². The summed E-state index contributed by atoms with van der Waals surface area (Å²) in [5.41, 5.74) is 9.52. The zero-order valence-corrected chi connectivity index (χ0v) is 20.6. The van der Waals surface area contributed by atoms with E-state index < -0.39 is 0 Å². The third kappa shape index (κ3) is 4.78. The van der Waals surface area contributed by atoms with Crippen LogP contribution in [-0.2, 0) is 13.1 Å². The Morgan fingerprint density at radius 1 is 0.647 bits per heavy atom. The van der Waals surface area contributed by atoms with E-state index in [1.54, 1.807) is 9.59 Å². The van der Waals surface area contributed by atoms with Gasteiger partial charge in [0.1, 0.15) is 27.8 Å². The van der Waals surface area contributed by atoms with Crippen molar-refractivity contribution in [3.05, 3.63) is 76.3 Å². The van der Waals surface area contributed by atoms with E-state index in [1.807, 2.05) is 55.5 Å². The molecule has 5 rings (SSSR count). The van der Waals surface area contributed by atoms with Crippen LogP contribution in [0.2, 0.25) is 0 Å². The van der Waals surface area contributed by atoms with Crippen LogP contribution >= 0.6 is 0 Å². The summed E-state index contributed by atoms with van der Waals surface area (Å²) >= 11 is 0. The fourth-order valence-electron chi connectivity index (χ4n) is 4.08. The molecule has 0 saturated heterocycles. The number of aromatic hydroxyl groups is 1. The van der Waals surface area contributed by atoms with Gasteiger partial charge in [-0.05, 0) is 92.6 Å². The summed E-state index contributed by atoms with van der Waals surface area (Å²) in [6.07, 6.45) is 3.32. The van der Waals surface area contributed by atoms with Crippen molar-refractivity contribution >= 4 is 22.1 Å². The van der Waals surface area contributed by atoms with E-state index in [9.17, 15) is 5.11 Å². The van der Waals surface area contributed by atoms with Crippen molar-refractivity contribution in [1.82, 2.24) is 30.0 Å². The Bertz CT molecular complexity index is 1270. The lowest BCUT2D eigenvalue weighted by molar-refractivity contribution is 0.421. The van der Waals surface area contributed by atoms with Crippen LogP contribution < -0.4 is 0 Å². The minimum absolute atomic E-state index is 0.406. The second-order valence-electron chi connectivity index (χ2n) is 8.69. The molecule has 0 radical (unpaired) electrons. The summed E-state index contributed by atoms with van der Waals surface area (Å²) in [5, 5.41) is 27.6. The molecule has 7 heteroatoms. The Labute approximate surface area is 200 Å². The van der Waals surface area contributed by atoms with Crippen molar-refractivity contribution in [2.45, 2.75) is 60.5 Å². The van der Waals surface area contributed by atoms with Crippen LogP contribution in [0.25, 0.3) is 22.1 Å². The average molecular weight is 457 g/mol. The molecule has 2 heterocycles. The summed E-state index contributed by atoms with van der Waals surface area (Å²) < 4.78 is 0. The topological polar surface area (TPSA) is 81.7 Å². The maximum absolute atomic E-state index is 10.1. The summed E-state index contributed by atoms with van der Waals surface area (Å²) in [6.45, 7) is 10.9. The second-order valence-corrected chi connectivity index (χ2v) is 8.69. The van der Waals surface area contributed by atoms with Gasteiger partial charge in [-0.1, -0.05) is 37.6 Å². The molecule has 7 nitrogen and oxygen atoms in total. The molecule has 0 spiro atoms. The van der Waals surface area contributed by atoms with Crippen LogP contribution in [0.1, 0.15) is 47.6 Å². The summed E-state index contributed by atoms with van der Waals surface area (Å²) in [6, 6.07) is 15.5. The fourth-order valence-corrected chi connectivity index (χ4v) is 4.08. The number of phenols is 1. The van der Waals surface area contributed by atoms with Gasteiger partial charge in [-0.2, -0.15) is 30.0 Å². The Hall–Kier alpha value is -3.74. The quantitative estimate of drug-likeness (QED) is 0.370. The van der Waals surface area contributed by atoms with Crippen molar-refractivity contribution in [2.75, 3.05) is 0 Å². The molecule has 0 bridgehead atoms. The van der Waals surface area contributed by atoms with Gasteiger partial charge in [0, 0.05) is 0 Å². The van der Waals surface area contributed by atoms with Crippen molar-refractivity contribution in [2.24, 2.45) is 0 Å². The molecule has 1 N–H and O–H groups in total. The molecule has 0 unspecified atom stereocenters. The van der Waals surface area contributed by atoms with Gasteiger partial charge in [-0.15, -0.1) is 0 Å². The molecule has 5 aromatic rings. The van der Waals surface area contributed by atoms with Gasteiger partial charge in [0.05, 0.1) is 0 Å². The first-order valence-corrected chi connectivity index (χ1v) is 11.8. The highest BCUT2D eigenvalue weighted by Gasteiger charge is 2.13. The number of nitrogens with zero attached hydrogens (tertiary/aromatic N) is 6. The van der Waals surface area contributed by atoms with Crippen LogP contribution in [0.15, 0.2) is 48.5 Å². The molecule has 0 amide bonds. The minimum atomic E-state index is 0.406. The van der Waals surface area contributed by atoms with E-state index in [0.717, 1.165) is 46.0 Å². The molecule has 0 saturated carbocycles. The van der Waals surface area contributed by atoms with Crippen LogP contribution in [0, 0.1) is 27.7 Å². The summed E-state index contributed by atoms with van der Waals surface area (Å²) in [5.74, 6) is 0.518. The van der Waals surface area contributed by atoms with E-state index in [1.165, 1.54) is 23.1 Å². The molecule has 3 aromatic carbocycles. The van der Waals surface area contributed by atoms with Gasteiger partial charge >= 0.3 is 0 Å². The number of rotatable bonds is 5. The molecule has 0 aliphatic rings. The third-order valence-corrected chi connectivity index (χ3v) is 6.47. The Morgan fingerprint density at radius 2 is 1.06 bits per heavy atom. The Morgan fingerprint density at radius 3 is 1.47 bits per heavy atom. The normalized spacial score (nSPS) is 11.1. The van der Waals surface area contributed by atoms with Gasteiger partial charge in [-0.25, -0.2) is 0 Å². The lowest BCUT2D eigenvalue weighted by Crippen LogP contribution is -2.13. The van der Waals surface area contributed by atoms with E-state index in [-0.39, 0.29) is 0 Å². The van der Waals surface area contributed by atoms with Crippen molar-refractivity contribution in [1.29, 1.82) is 0 Å². The maximum Gasteiger partial charge on any atom is 0.172 e. The number of fused-ring (bicyclic) bond motifs is 2. The molecule has 0 aliphatic carbocycles. The van der Waals surface area contributed by atoms with Gasteiger partial charge in [0.25, 0.3) is 0 Å². The molecular formula is C27H32N6O. The highest BCUT2D eigenvalue weighted by Crippen LogP contribution is 2.32. The molecule has 2 aromatic heterocycles. The van der Waals surface area contributed by atoms with E-state index in [0.29, 0.717) is 12.4 Å². The number of hydrogen-bond acceptors (Lipinski definition) is 5. The number of benzene rings is 3. The van der Waals surface area contributed by atoms with Crippen molar-refractivity contribution in [3.8, 4) is 5.75 Å². The molecule has 176 valence electrons. The van der Waals surface area contributed by atoms with E-state index in [2.05, 4.69) is 48.1 Å². The lowest BCUT2D eigenvalue weighted by atomic mass is 9.91. The predicted molar refractivity (Wildman–Crippen MR) is 136 cm³/mol. The molecule has 0 aliphatic heterocycles. The first-order valence-electron chi connectivity index (χ1n) is 11.8. The van der Waals surface area contributed by atoms with Crippen LogP contribution in [0.5, 0.6) is 5.75 Å². The largest absolute Gasteiger partial charge is 0.507 e. The van der Waals surface area contributed by atoms with Crippen LogP contribution in [-0.4, -0.2) is 35.1 Å². The van der Waals surface area contributed by atoms with Crippen molar-refractivity contribution in [3.63, 3.8) is 0 Å². The smallest absolute Gasteiger partial charge is 0.172 e. The van der Waals surface area contributed by atoms with Gasteiger partial charge < -0.3 is 5.11 Å². The SMILES string of the molecule is CCCCc1c(C)c(C)c(C)c(C)c1O.c1ccc2nn(Cn3nc4ccccc4n3)nc2c1.